The highest BCUT2D eigenvalue weighted by molar-refractivity contribution is 14.1. The molecule has 0 unspecified atom stereocenters. The first kappa shape index (κ1) is 15.8. The molecule has 2 N–H and O–H groups in total. The van der Waals surface area contributed by atoms with E-state index in [1.54, 1.807) is 30.3 Å². The van der Waals surface area contributed by atoms with Gasteiger partial charge in [-0.15, -0.1) is 0 Å². The highest BCUT2D eigenvalue weighted by Gasteiger charge is 2.19. The van der Waals surface area contributed by atoms with Crippen molar-refractivity contribution < 1.29 is 4.92 Å². The van der Waals surface area contributed by atoms with Crippen molar-refractivity contribution in [2.75, 3.05) is 17.2 Å². The lowest BCUT2D eigenvalue weighted by atomic mass is 10.2. The maximum atomic E-state index is 11.3. The molecule has 2 aromatic carbocycles. The van der Waals surface area contributed by atoms with Gasteiger partial charge in [-0.3, -0.25) is 10.1 Å². The van der Waals surface area contributed by atoms with E-state index in [4.69, 9.17) is 11.6 Å². The smallest absolute Gasteiger partial charge is 0.315 e. The first-order chi connectivity index (χ1) is 10.0. The van der Waals surface area contributed by atoms with Crippen LogP contribution in [0.1, 0.15) is 6.92 Å². The monoisotopic (exact) mass is 417 g/mol. The quantitative estimate of drug-likeness (QED) is 0.407. The average Bonchev–Trinajstić information content (AvgIpc) is 2.42. The standard InChI is InChI=1S/C14H13ClIN3O2/c1-2-17-12-4-3-5-13(14(12)19(20)21)18-11-7-6-9(16)8-10(11)15/h3-8,17-18H,2H2,1H3. The Hall–Kier alpha value is -1.54. The average molecular weight is 418 g/mol. The van der Waals surface area contributed by atoms with Gasteiger partial charge in [0.25, 0.3) is 0 Å². The molecule has 0 aliphatic heterocycles. The fourth-order valence-electron chi connectivity index (χ4n) is 1.91. The number of benzene rings is 2. The molecule has 0 aromatic heterocycles. The third-order valence-corrected chi connectivity index (χ3v) is 3.77. The molecular weight excluding hydrogens is 405 g/mol. The van der Waals surface area contributed by atoms with Crippen LogP contribution in [0.2, 0.25) is 5.02 Å². The lowest BCUT2D eigenvalue weighted by molar-refractivity contribution is -0.383. The van der Waals surface area contributed by atoms with E-state index in [0.29, 0.717) is 28.6 Å². The van der Waals surface area contributed by atoms with E-state index < -0.39 is 4.92 Å². The predicted octanol–water partition coefficient (Wildman–Crippen LogP) is 5.03. The topological polar surface area (TPSA) is 67.2 Å². The van der Waals surface area contributed by atoms with Crippen molar-refractivity contribution in [2.24, 2.45) is 0 Å². The number of anilines is 3. The second-order valence-corrected chi connectivity index (χ2v) is 5.89. The summed E-state index contributed by atoms with van der Waals surface area (Å²) in [7, 11) is 0. The number of hydrogen-bond acceptors (Lipinski definition) is 4. The summed E-state index contributed by atoms with van der Waals surface area (Å²) in [4.78, 5) is 10.9. The molecule has 2 rings (SSSR count). The molecule has 0 heterocycles. The van der Waals surface area contributed by atoms with Gasteiger partial charge in [0.05, 0.1) is 15.6 Å². The fourth-order valence-corrected chi connectivity index (χ4v) is 2.81. The summed E-state index contributed by atoms with van der Waals surface area (Å²) in [5.41, 5.74) is 1.53. The normalized spacial score (nSPS) is 10.2. The molecule has 0 saturated heterocycles. The molecule has 21 heavy (non-hydrogen) atoms. The first-order valence-corrected chi connectivity index (χ1v) is 7.72. The van der Waals surface area contributed by atoms with E-state index in [2.05, 4.69) is 33.2 Å². The summed E-state index contributed by atoms with van der Waals surface area (Å²) < 4.78 is 0.999. The lowest BCUT2D eigenvalue weighted by Gasteiger charge is -2.12. The second kappa shape index (κ2) is 6.95. The van der Waals surface area contributed by atoms with E-state index in [1.807, 2.05) is 13.0 Å². The van der Waals surface area contributed by atoms with Crippen molar-refractivity contribution in [1.29, 1.82) is 0 Å². The van der Waals surface area contributed by atoms with E-state index >= 15 is 0 Å². The minimum Gasteiger partial charge on any atom is -0.380 e. The van der Waals surface area contributed by atoms with Crippen molar-refractivity contribution in [1.82, 2.24) is 0 Å². The molecule has 5 nitrogen and oxygen atoms in total. The van der Waals surface area contributed by atoms with Crippen LogP contribution in [0, 0.1) is 13.7 Å². The Balaban J connectivity index is 2.43. The second-order valence-electron chi connectivity index (χ2n) is 4.24. The SMILES string of the molecule is CCNc1cccc(Nc2ccc(I)cc2Cl)c1[N+](=O)[O-]. The number of nitro benzene ring substituents is 1. The van der Waals surface area contributed by atoms with Crippen molar-refractivity contribution in [3.05, 3.63) is 55.1 Å². The van der Waals surface area contributed by atoms with Crippen LogP contribution in [0.5, 0.6) is 0 Å². The molecule has 0 fully saturated rings. The maximum Gasteiger partial charge on any atom is 0.315 e. The minimum absolute atomic E-state index is 0.00830. The maximum absolute atomic E-state index is 11.3. The summed E-state index contributed by atoms with van der Waals surface area (Å²) in [6, 6.07) is 10.6. The highest BCUT2D eigenvalue weighted by Crippen LogP contribution is 2.36. The largest absolute Gasteiger partial charge is 0.380 e. The summed E-state index contributed by atoms with van der Waals surface area (Å²) in [6.45, 7) is 2.49. The van der Waals surface area contributed by atoms with Gasteiger partial charge in [-0.2, -0.15) is 0 Å². The Morgan fingerprint density at radius 3 is 2.57 bits per heavy atom. The van der Waals surface area contributed by atoms with Crippen LogP contribution < -0.4 is 10.6 Å². The van der Waals surface area contributed by atoms with Crippen molar-refractivity contribution in [3.8, 4) is 0 Å². The summed E-state index contributed by atoms with van der Waals surface area (Å²) in [5.74, 6) is 0. The Bertz CT molecular complexity index is 679. The molecule has 2 aromatic rings. The summed E-state index contributed by atoms with van der Waals surface area (Å²) >= 11 is 8.32. The van der Waals surface area contributed by atoms with Gasteiger partial charge in [0.1, 0.15) is 11.4 Å². The molecule has 0 aliphatic carbocycles. The van der Waals surface area contributed by atoms with Gasteiger partial charge in [0.15, 0.2) is 0 Å². The number of nitro groups is 1. The van der Waals surface area contributed by atoms with Crippen LogP contribution in [0.4, 0.5) is 22.7 Å². The molecular formula is C14H13ClIN3O2. The summed E-state index contributed by atoms with van der Waals surface area (Å²) in [5, 5.41) is 17.9. The van der Waals surface area contributed by atoms with Crippen LogP contribution in [0.25, 0.3) is 0 Å². The molecule has 0 spiro atoms. The van der Waals surface area contributed by atoms with Gasteiger partial charge in [-0.1, -0.05) is 17.7 Å². The number of rotatable bonds is 5. The Morgan fingerprint density at radius 2 is 1.95 bits per heavy atom. The molecule has 7 heteroatoms. The number of halogens is 2. The van der Waals surface area contributed by atoms with Gasteiger partial charge in [0.2, 0.25) is 0 Å². The molecule has 0 aliphatic rings. The Kier molecular flexibility index (Phi) is 5.24. The zero-order valence-corrected chi connectivity index (χ0v) is 14.1. The zero-order chi connectivity index (χ0) is 15.4. The molecule has 0 atom stereocenters. The van der Waals surface area contributed by atoms with Crippen LogP contribution >= 0.6 is 34.2 Å². The van der Waals surface area contributed by atoms with Crippen molar-refractivity contribution >= 4 is 56.9 Å². The number of nitrogens with one attached hydrogen (secondary N) is 2. The van der Waals surface area contributed by atoms with Gasteiger partial charge in [-0.25, -0.2) is 0 Å². The first-order valence-electron chi connectivity index (χ1n) is 6.26. The van der Waals surface area contributed by atoms with E-state index in [9.17, 15) is 10.1 Å². The van der Waals surface area contributed by atoms with E-state index in [0.717, 1.165) is 3.57 Å². The van der Waals surface area contributed by atoms with Crippen LogP contribution in [-0.4, -0.2) is 11.5 Å². The van der Waals surface area contributed by atoms with Gasteiger partial charge >= 0.3 is 5.69 Å². The molecule has 0 amide bonds. The fraction of sp³-hybridized carbons (Fsp3) is 0.143. The van der Waals surface area contributed by atoms with Gasteiger partial charge in [0, 0.05) is 10.1 Å². The van der Waals surface area contributed by atoms with Crippen LogP contribution in [-0.2, 0) is 0 Å². The summed E-state index contributed by atoms with van der Waals surface area (Å²) in [6.07, 6.45) is 0. The number of para-hydroxylation sites is 1. The molecule has 0 saturated carbocycles. The Labute approximate surface area is 141 Å². The van der Waals surface area contributed by atoms with Gasteiger partial charge in [-0.05, 0) is 59.8 Å². The van der Waals surface area contributed by atoms with E-state index in [-0.39, 0.29) is 5.69 Å². The number of hydrogen-bond donors (Lipinski definition) is 2. The highest BCUT2D eigenvalue weighted by atomic mass is 127. The minimum atomic E-state index is -0.402. The molecule has 0 radical (unpaired) electrons. The van der Waals surface area contributed by atoms with Crippen LogP contribution in [0.15, 0.2) is 36.4 Å². The van der Waals surface area contributed by atoms with Crippen molar-refractivity contribution in [2.45, 2.75) is 6.92 Å². The number of nitrogens with zero attached hydrogens (tertiary/aromatic N) is 1. The lowest BCUT2D eigenvalue weighted by Crippen LogP contribution is -2.04. The third kappa shape index (κ3) is 3.76. The van der Waals surface area contributed by atoms with Crippen molar-refractivity contribution in [3.63, 3.8) is 0 Å². The third-order valence-electron chi connectivity index (χ3n) is 2.79. The zero-order valence-electron chi connectivity index (χ0n) is 11.2. The molecule has 0 bridgehead atoms. The molecule has 110 valence electrons. The Morgan fingerprint density at radius 1 is 1.24 bits per heavy atom. The van der Waals surface area contributed by atoms with Crippen LogP contribution in [0.3, 0.4) is 0 Å². The van der Waals surface area contributed by atoms with Gasteiger partial charge < -0.3 is 10.6 Å². The van der Waals surface area contributed by atoms with E-state index in [1.165, 1.54) is 0 Å². The predicted molar refractivity (Wildman–Crippen MR) is 94.7 cm³/mol.